The van der Waals surface area contributed by atoms with E-state index in [9.17, 15) is 4.39 Å². The van der Waals surface area contributed by atoms with Crippen LogP contribution in [0, 0.1) is 5.82 Å². The molecule has 1 N–H and O–H groups in total. The SMILES string of the molecule is CC(C)c1csc(C(c2c[nH]cn2)c2cccc(F)c2Cl)c1. The molecule has 0 aliphatic heterocycles. The van der Waals surface area contributed by atoms with Crippen LogP contribution in [0.15, 0.2) is 42.2 Å². The van der Waals surface area contributed by atoms with Crippen LogP contribution < -0.4 is 0 Å². The number of benzene rings is 1. The van der Waals surface area contributed by atoms with Crippen molar-refractivity contribution in [3.8, 4) is 0 Å². The Bertz CT molecular complexity index is 765. The van der Waals surface area contributed by atoms with Gasteiger partial charge in [0.05, 0.1) is 23.0 Å². The summed E-state index contributed by atoms with van der Waals surface area (Å²) >= 11 is 7.87. The van der Waals surface area contributed by atoms with Gasteiger partial charge >= 0.3 is 0 Å². The molecule has 114 valence electrons. The number of aromatic amines is 1. The van der Waals surface area contributed by atoms with Gasteiger partial charge < -0.3 is 4.98 Å². The van der Waals surface area contributed by atoms with Gasteiger partial charge in [-0.3, -0.25) is 0 Å². The van der Waals surface area contributed by atoms with Gasteiger partial charge in [-0.2, -0.15) is 0 Å². The maximum absolute atomic E-state index is 13.9. The van der Waals surface area contributed by atoms with Crippen LogP contribution in [-0.4, -0.2) is 9.97 Å². The van der Waals surface area contributed by atoms with E-state index in [1.54, 1.807) is 23.7 Å². The molecular formula is C17H16ClFN2S. The Balaban J connectivity index is 2.14. The number of nitrogens with zero attached hydrogens (tertiary/aromatic N) is 1. The molecule has 22 heavy (non-hydrogen) atoms. The molecular weight excluding hydrogens is 319 g/mol. The van der Waals surface area contributed by atoms with Gasteiger partial charge in [0.1, 0.15) is 5.82 Å². The summed E-state index contributed by atoms with van der Waals surface area (Å²) in [5.74, 6) is -0.111. The van der Waals surface area contributed by atoms with E-state index < -0.39 is 5.82 Å². The van der Waals surface area contributed by atoms with E-state index in [-0.39, 0.29) is 10.9 Å². The summed E-state index contributed by atoms with van der Waals surface area (Å²) in [7, 11) is 0. The summed E-state index contributed by atoms with van der Waals surface area (Å²) in [4.78, 5) is 8.45. The molecule has 0 saturated heterocycles. The van der Waals surface area contributed by atoms with Gasteiger partial charge in [0.2, 0.25) is 0 Å². The number of H-pyrrole nitrogens is 1. The third-order valence-electron chi connectivity index (χ3n) is 3.70. The lowest BCUT2D eigenvalue weighted by atomic mass is 9.93. The highest BCUT2D eigenvalue weighted by Crippen LogP contribution is 2.39. The lowest BCUT2D eigenvalue weighted by molar-refractivity contribution is 0.625. The van der Waals surface area contributed by atoms with Crippen LogP contribution in [0.25, 0.3) is 0 Å². The molecule has 0 aliphatic rings. The third kappa shape index (κ3) is 2.81. The Morgan fingerprint density at radius 1 is 1.32 bits per heavy atom. The first-order valence-corrected chi connectivity index (χ1v) is 8.34. The Morgan fingerprint density at radius 3 is 2.77 bits per heavy atom. The summed E-state index contributed by atoms with van der Waals surface area (Å²) in [6, 6.07) is 7.09. The van der Waals surface area contributed by atoms with Gasteiger partial charge in [-0.05, 0) is 34.6 Å². The topological polar surface area (TPSA) is 28.7 Å². The second kappa shape index (κ2) is 6.23. The number of halogens is 2. The van der Waals surface area contributed by atoms with Crippen molar-refractivity contribution in [3.63, 3.8) is 0 Å². The van der Waals surface area contributed by atoms with E-state index in [2.05, 4.69) is 35.3 Å². The molecule has 1 unspecified atom stereocenters. The third-order valence-corrected chi connectivity index (χ3v) is 5.11. The molecule has 0 aliphatic carbocycles. The molecule has 1 atom stereocenters. The molecule has 3 rings (SSSR count). The van der Waals surface area contributed by atoms with E-state index >= 15 is 0 Å². The molecule has 0 bridgehead atoms. The average molecular weight is 335 g/mol. The maximum Gasteiger partial charge on any atom is 0.142 e. The highest BCUT2D eigenvalue weighted by molar-refractivity contribution is 7.10. The predicted molar refractivity (Wildman–Crippen MR) is 89.4 cm³/mol. The quantitative estimate of drug-likeness (QED) is 0.664. The van der Waals surface area contributed by atoms with E-state index in [0.29, 0.717) is 5.92 Å². The van der Waals surface area contributed by atoms with Gasteiger partial charge in [0.25, 0.3) is 0 Å². The Morgan fingerprint density at radius 2 is 2.14 bits per heavy atom. The van der Waals surface area contributed by atoms with Gasteiger partial charge in [0.15, 0.2) is 0 Å². The van der Waals surface area contributed by atoms with Gasteiger partial charge in [-0.25, -0.2) is 9.37 Å². The predicted octanol–water partition coefficient (Wildman–Crippen LogP) is 5.57. The van der Waals surface area contributed by atoms with Crippen molar-refractivity contribution >= 4 is 22.9 Å². The molecule has 2 heterocycles. The number of nitrogens with one attached hydrogen (secondary N) is 1. The minimum absolute atomic E-state index is 0.160. The number of hydrogen-bond donors (Lipinski definition) is 1. The fourth-order valence-electron chi connectivity index (χ4n) is 2.45. The number of thiophene rings is 1. The summed E-state index contributed by atoms with van der Waals surface area (Å²) < 4.78 is 13.9. The largest absolute Gasteiger partial charge is 0.351 e. The van der Waals surface area contributed by atoms with Crippen LogP contribution in [0.3, 0.4) is 0 Å². The summed E-state index contributed by atoms with van der Waals surface area (Å²) in [6.07, 6.45) is 3.47. The summed E-state index contributed by atoms with van der Waals surface area (Å²) in [5, 5.41) is 2.31. The van der Waals surface area contributed by atoms with Gasteiger partial charge in [-0.1, -0.05) is 37.6 Å². The van der Waals surface area contributed by atoms with Crippen LogP contribution in [-0.2, 0) is 0 Å². The number of hydrogen-bond acceptors (Lipinski definition) is 2. The first-order valence-electron chi connectivity index (χ1n) is 7.09. The molecule has 2 aromatic heterocycles. The van der Waals surface area contributed by atoms with Crippen LogP contribution in [0.1, 0.15) is 47.4 Å². The molecule has 0 amide bonds. The van der Waals surface area contributed by atoms with Crippen molar-refractivity contribution in [3.05, 3.63) is 74.7 Å². The van der Waals surface area contributed by atoms with E-state index in [4.69, 9.17) is 11.6 Å². The minimum Gasteiger partial charge on any atom is -0.351 e. The normalized spacial score (nSPS) is 12.8. The molecule has 2 nitrogen and oxygen atoms in total. The molecule has 0 fully saturated rings. The zero-order chi connectivity index (χ0) is 15.7. The van der Waals surface area contributed by atoms with Crippen LogP contribution in [0.4, 0.5) is 4.39 Å². The van der Waals surface area contributed by atoms with E-state index in [0.717, 1.165) is 16.1 Å². The zero-order valence-corrected chi connectivity index (χ0v) is 13.9. The van der Waals surface area contributed by atoms with Crippen LogP contribution >= 0.6 is 22.9 Å². The fraction of sp³-hybridized carbons (Fsp3) is 0.235. The summed E-state index contributed by atoms with van der Waals surface area (Å²) in [6.45, 7) is 4.31. The van der Waals surface area contributed by atoms with Crippen molar-refractivity contribution in [1.29, 1.82) is 0 Å². The van der Waals surface area contributed by atoms with Gasteiger partial charge in [0, 0.05) is 11.1 Å². The summed E-state index contributed by atoms with van der Waals surface area (Å²) in [5.41, 5.74) is 2.85. The lowest BCUT2D eigenvalue weighted by Gasteiger charge is -2.16. The van der Waals surface area contributed by atoms with E-state index in [1.165, 1.54) is 11.6 Å². The Kier molecular flexibility index (Phi) is 4.32. The molecule has 1 aromatic carbocycles. The second-order valence-electron chi connectivity index (χ2n) is 5.51. The molecule has 5 heteroatoms. The zero-order valence-electron chi connectivity index (χ0n) is 12.3. The van der Waals surface area contributed by atoms with Crippen LogP contribution in [0.2, 0.25) is 5.02 Å². The highest BCUT2D eigenvalue weighted by atomic mass is 35.5. The van der Waals surface area contributed by atoms with Crippen molar-refractivity contribution in [2.75, 3.05) is 0 Å². The number of rotatable bonds is 4. The molecule has 3 aromatic rings. The number of imidazole rings is 1. The first kappa shape index (κ1) is 15.3. The lowest BCUT2D eigenvalue weighted by Crippen LogP contribution is -2.04. The molecule has 0 spiro atoms. The standard InChI is InChI=1S/C17H16ClFN2S/c1-10(2)11-6-15(22-8-11)16(14-7-20-9-21-14)12-4-3-5-13(19)17(12)18/h3-10,16H,1-2H3,(H,20,21). The molecule has 0 radical (unpaired) electrons. The number of aromatic nitrogens is 2. The Labute approximate surface area is 138 Å². The van der Waals surface area contributed by atoms with Crippen molar-refractivity contribution < 1.29 is 4.39 Å². The monoisotopic (exact) mass is 334 g/mol. The van der Waals surface area contributed by atoms with Crippen molar-refractivity contribution in [2.45, 2.75) is 25.7 Å². The van der Waals surface area contributed by atoms with Crippen LogP contribution in [0.5, 0.6) is 0 Å². The second-order valence-corrected chi connectivity index (χ2v) is 6.83. The van der Waals surface area contributed by atoms with Crippen molar-refractivity contribution in [2.24, 2.45) is 0 Å². The maximum atomic E-state index is 13.9. The highest BCUT2D eigenvalue weighted by Gasteiger charge is 2.24. The molecule has 0 saturated carbocycles. The fourth-order valence-corrected chi connectivity index (χ4v) is 3.89. The van der Waals surface area contributed by atoms with E-state index in [1.807, 2.05) is 12.3 Å². The average Bonchev–Trinajstić information content (AvgIpc) is 3.16. The first-order chi connectivity index (χ1) is 10.6. The van der Waals surface area contributed by atoms with Crippen molar-refractivity contribution in [1.82, 2.24) is 9.97 Å². The smallest absolute Gasteiger partial charge is 0.142 e. The Hall–Kier alpha value is -1.65. The van der Waals surface area contributed by atoms with Gasteiger partial charge in [-0.15, -0.1) is 11.3 Å². The minimum atomic E-state index is -0.402.